The first-order chi connectivity index (χ1) is 6.92. The quantitative estimate of drug-likeness (QED) is 0.714. The maximum Gasteiger partial charge on any atom is 0.0300 e. The number of aryl methyl sites for hydroxylation is 1. The van der Waals surface area contributed by atoms with Crippen molar-refractivity contribution in [2.45, 2.75) is 37.9 Å². The van der Waals surface area contributed by atoms with E-state index in [9.17, 15) is 0 Å². The van der Waals surface area contributed by atoms with E-state index in [0.29, 0.717) is 0 Å². The van der Waals surface area contributed by atoms with Gasteiger partial charge in [0.05, 0.1) is 0 Å². The van der Waals surface area contributed by atoms with Gasteiger partial charge in [-0.15, -0.1) is 0 Å². The third kappa shape index (κ3) is 2.14. The number of rotatable bonds is 3. The van der Waals surface area contributed by atoms with Crippen molar-refractivity contribution in [1.29, 1.82) is 0 Å². The van der Waals surface area contributed by atoms with Crippen molar-refractivity contribution in [1.82, 2.24) is 0 Å². The summed E-state index contributed by atoms with van der Waals surface area (Å²) in [5, 5.41) is 0.778. The summed E-state index contributed by atoms with van der Waals surface area (Å²) in [4.78, 5) is 0. The van der Waals surface area contributed by atoms with Crippen LogP contribution in [0.5, 0.6) is 0 Å². The minimum absolute atomic E-state index is 0.778. The first-order valence-corrected chi connectivity index (χ1v) is 6.66. The zero-order valence-corrected chi connectivity index (χ0v) is 9.65. The summed E-state index contributed by atoms with van der Waals surface area (Å²) in [5.41, 5.74) is 3.20. The van der Waals surface area contributed by atoms with Crippen molar-refractivity contribution in [3.05, 3.63) is 35.4 Å². The summed E-state index contributed by atoms with van der Waals surface area (Å²) in [6.45, 7) is 2.27. The molecule has 2 rings (SSSR count). The third-order valence-corrected chi connectivity index (χ3v) is 4.37. The van der Waals surface area contributed by atoms with E-state index in [1.54, 1.807) is 11.1 Å². The van der Waals surface area contributed by atoms with Crippen molar-refractivity contribution < 1.29 is 0 Å². The van der Waals surface area contributed by atoms with Crippen LogP contribution in [0.4, 0.5) is 0 Å². The summed E-state index contributed by atoms with van der Waals surface area (Å²) >= 11 is 2.14. The predicted octanol–water partition coefficient (Wildman–Crippen LogP) is 4.21. The van der Waals surface area contributed by atoms with Gasteiger partial charge in [-0.05, 0) is 42.6 Å². The maximum atomic E-state index is 2.32. The molecule has 0 aliphatic heterocycles. The molecule has 1 aliphatic rings. The fraction of sp³-hybridized carbons (Fsp3) is 0.538. The van der Waals surface area contributed by atoms with Crippen molar-refractivity contribution in [2.24, 2.45) is 0 Å². The Hall–Kier alpha value is -0.430. The van der Waals surface area contributed by atoms with Crippen LogP contribution in [0.3, 0.4) is 0 Å². The van der Waals surface area contributed by atoms with Crippen molar-refractivity contribution in [2.75, 3.05) is 5.75 Å². The molecule has 0 aromatic heterocycles. The lowest BCUT2D eigenvalue weighted by molar-refractivity contribution is 0.673. The third-order valence-electron chi connectivity index (χ3n) is 2.84. The highest BCUT2D eigenvalue weighted by Gasteiger charge is 2.19. The van der Waals surface area contributed by atoms with Crippen LogP contribution in [0.2, 0.25) is 0 Å². The van der Waals surface area contributed by atoms with Crippen LogP contribution in [0, 0.1) is 0 Å². The second-order valence-corrected chi connectivity index (χ2v) is 5.26. The molecule has 0 heterocycles. The number of hydrogen-bond donors (Lipinski definition) is 0. The summed E-state index contributed by atoms with van der Waals surface area (Å²) in [5.74, 6) is 1.30. The second kappa shape index (κ2) is 4.88. The average Bonchev–Trinajstić information content (AvgIpc) is 2.26. The smallest absolute Gasteiger partial charge is 0.0300 e. The standard InChI is InChI=1S/C13H18S/c1-2-10-14-13-9-5-7-11-6-3-4-8-12(11)13/h3-4,6,8,13H,2,5,7,9-10H2,1H3. The highest BCUT2D eigenvalue weighted by atomic mass is 32.2. The van der Waals surface area contributed by atoms with Gasteiger partial charge in [0.15, 0.2) is 0 Å². The Balaban J connectivity index is 2.14. The van der Waals surface area contributed by atoms with Gasteiger partial charge in [0.2, 0.25) is 0 Å². The summed E-state index contributed by atoms with van der Waals surface area (Å²) in [7, 11) is 0. The molecule has 1 aliphatic carbocycles. The minimum atomic E-state index is 0.778. The van der Waals surface area contributed by atoms with Gasteiger partial charge in [-0.1, -0.05) is 31.2 Å². The lowest BCUT2D eigenvalue weighted by Gasteiger charge is -2.24. The second-order valence-electron chi connectivity index (χ2n) is 3.95. The number of fused-ring (bicyclic) bond motifs is 1. The van der Waals surface area contributed by atoms with Gasteiger partial charge in [-0.25, -0.2) is 0 Å². The van der Waals surface area contributed by atoms with Gasteiger partial charge in [-0.3, -0.25) is 0 Å². The zero-order chi connectivity index (χ0) is 9.80. The van der Waals surface area contributed by atoms with E-state index in [-0.39, 0.29) is 0 Å². The van der Waals surface area contributed by atoms with E-state index in [4.69, 9.17) is 0 Å². The van der Waals surface area contributed by atoms with E-state index in [1.807, 2.05) is 0 Å². The Morgan fingerprint density at radius 1 is 1.36 bits per heavy atom. The summed E-state index contributed by atoms with van der Waals surface area (Å²) in [6.07, 6.45) is 5.34. The number of thioether (sulfide) groups is 1. The molecule has 1 heteroatoms. The largest absolute Gasteiger partial charge is 0.154 e. The van der Waals surface area contributed by atoms with Crippen LogP contribution in [0.15, 0.2) is 24.3 Å². The minimum Gasteiger partial charge on any atom is -0.154 e. The Bertz CT molecular complexity index is 293. The zero-order valence-electron chi connectivity index (χ0n) is 8.83. The Kier molecular flexibility index (Phi) is 3.52. The molecule has 0 nitrogen and oxygen atoms in total. The molecule has 0 saturated carbocycles. The lowest BCUT2D eigenvalue weighted by Crippen LogP contribution is -2.07. The molecule has 14 heavy (non-hydrogen) atoms. The van der Waals surface area contributed by atoms with E-state index in [0.717, 1.165) is 5.25 Å². The molecule has 0 saturated heterocycles. The lowest BCUT2D eigenvalue weighted by atomic mass is 9.91. The SMILES string of the molecule is CCCSC1CCCc2ccccc21. The van der Waals surface area contributed by atoms with E-state index >= 15 is 0 Å². The Morgan fingerprint density at radius 3 is 3.07 bits per heavy atom. The molecule has 1 aromatic carbocycles. The van der Waals surface area contributed by atoms with Gasteiger partial charge >= 0.3 is 0 Å². The Morgan fingerprint density at radius 2 is 2.21 bits per heavy atom. The summed E-state index contributed by atoms with van der Waals surface area (Å²) in [6, 6.07) is 8.98. The first kappa shape index (κ1) is 10.1. The summed E-state index contributed by atoms with van der Waals surface area (Å²) < 4.78 is 0. The van der Waals surface area contributed by atoms with Crippen LogP contribution in [-0.4, -0.2) is 5.75 Å². The van der Waals surface area contributed by atoms with Crippen molar-refractivity contribution in [3.8, 4) is 0 Å². The normalized spacial score (nSPS) is 20.5. The molecule has 0 bridgehead atoms. The molecular formula is C13H18S. The van der Waals surface area contributed by atoms with E-state index in [1.165, 1.54) is 31.4 Å². The first-order valence-electron chi connectivity index (χ1n) is 5.61. The maximum absolute atomic E-state index is 2.32. The average molecular weight is 206 g/mol. The van der Waals surface area contributed by atoms with Gasteiger partial charge < -0.3 is 0 Å². The predicted molar refractivity (Wildman–Crippen MR) is 64.9 cm³/mol. The fourth-order valence-corrected chi connectivity index (χ4v) is 3.41. The van der Waals surface area contributed by atoms with Crippen LogP contribution >= 0.6 is 11.8 Å². The van der Waals surface area contributed by atoms with Crippen LogP contribution in [0.1, 0.15) is 42.6 Å². The topological polar surface area (TPSA) is 0 Å². The molecule has 0 N–H and O–H groups in total. The molecular weight excluding hydrogens is 188 g/mol. The molecule has 1 unspecified atom stereocenters. The number of hydrogen-bond acceptors (Lipinski definition) is 1. The molecule has 1 aromatic rings. The highest BCUT2D eigenvalue weighted by molar-refractivity contribution is 7.99. The highest BCUT2D eigenvalue weighted by Crippen LogP contribution is 2.39. The molecule has 0 radical (unpaired) electrons. The molecule has 1 atom stereocenters. The molecule has 0 spiro atoms. The van der Waals surface area contributed by atoms with Crippen LogP contribution < -0.4 is 0 Å². The van der Waals surface area contributed by atoms with E-state index in [2.05, 4.69) is 43.0 Å². The van der Waals surface area contributed by atoms with Gasteiger partial charge in [0.25, 0.3) is 0 Å². The number of benzene rings is 1. The Labute approximate surface area is 91.1 Å². The molecule has 0 amide bonds. The molecule has 0 fully saturated rings. The van der Waals surface area contributed by atoms with Crippen LogP contribution in [-0.2, 0) is 6.42 Å². The van der Waals surface area contributed by atoms with E-state index < -0.39 is 0 Å². The van der Waals surface area contributed by atoms with Crippen molar-refractivity contribution in [3.63, 3.8) is 0 Å². The van der Waals surface area contributed by atoms with Crippen LogP contribution in [0.25, 0.3) is 0 Å². The van der Waals surface area contributed by atoms with Crippen molar-refractivity contribution >= 4 is 11.8 Å². The van der Waals surface area contributed by atoms with Gasteiger partial charge in [0.1, 0.15) is 0 Å². The molecule has 76 valence electrons. The van der Waals surface area contributed by atoms with Gasteiger partial charge in [-0.2, -0.15) is 11.8 Å². The van der Waals surface area contributed by atoms with Gasteiger partial charge in [0, 0.05) is 5.25 Å². The fourth-order valence-electron chi connectivity index (χ4n) is 2.14. The monoisotopic (exact) mass is 206 g/mol.